The molecule has 9 heteroatoms. The van der Waals surface area contributed by atoms with E-state index in [0.29, 0.717) is 0 Å². The molecular formula is C10H8ClF3INO3. The Labute approximate surface area is 125 Å². The first-order valence-electron chi connectivity index (χ1n) is 4.96. The lowest BCUT2D eigenvalue weighted by Gasteiger charge is -2.13. The van der Waals surface area contributed by atoms with Gasteiger partial charge in [0, 0.05) is 15.3 Å². The third-order valence-electron chi connectivity index (χ3n) is 1.91. The zero-order chi connectivity index (χ0) is 14.6. The molecule has 106 valence electrons. The number of halogens is 5. The van der Waals surface area contributed by atoms with Crippen molar-refractivity contribution < 1.29 is 27.4 Å². The van der Waals surface area contributed by atoms with E-state index in [9.17, 15) is 18.0 Å². The van der Waals surface area contributed by atoms with Crippen LogP contribution in [0, 0.1) is 3.57 Å². The van der Waals surface area contributed by atoms with Gasteiger partial charge in [0.25, 0.3) is 0 Å². The van der Waals surface area contributed by atoms with E-state index in [-0.39, 0.29) is 27.2 Å². The Hall–Kier alpha value is -0.770. The summed E-state index contributed by atoms with van der Waals surface area (Å²) in [6, 6.07) is 0. The lowest BCUT2D eigenvalue weighted by Crippen LogP contribution is -2.20. The topological polar surface area (TPSA) is 48.4 Å². The summed E-state index contributed by atoms with van der Waals surface area (Å²) in [4.78, 5) is 15.0. The van der Waals surface area contributed by atoms with Gasteiger partial charge in [-0.3, -0.25) is 0 Å². The molecule has 0 aliphatic rings. The molecular weight excluding hydrogens is 401 g/mol. The van der Waals surface area contributed by atoms with Crippen LogP contribution in [0.2, 0.25) is 0 Å². The Bertz CT molecular complexity index is 482. The van der Waals surface area contributed by atoms with Gasteiger partial charge in [0.1, 0.15) is 0 Å². The number of carbonyl (C=O) groups is 1. The summed E-state index contributed by atoms with van der Waals surface area (Å²) in [5, 5.41) is 0. The fourth-order valence-electron chi connectivity index (χ4n) is 1.18. The van der Waals surface area contributed by atoms with E-state index >= 15 is 0 Å². The van der Waals surface area contributed by atoms with Gasteiger partial charge in [-0.15, -0.1) is 24.8 Å². The molecule has 0 spiro atoms. The van der Waals surface area contributed by atoms with Gasteiger partial charge in [-0.2, -0.15) is 0 Å². The molecule has 1 aromatic heterocycles. The number of carbonyl (C=O) groups excluding carboxylic acids is 1. The first-order valence-corrected chi connectivity index (χ1v) is 6.57. The summed E-state index contributed by atoms with van der Waals surface area (Å²) in [5.74, 6) is -1.62. The van der Waals surface area contributed by atoms with Crippen LogP contribution in [0.4, 0.5) is 13.2 Å². The Morgan fingerprint density at radius 2 is 2.16 bits per heavy atom. The molecule has 0 saturated carbocycles. The van der Waals surface area contributed by atoms with Crippen molar-refractivity contribution in [3.63, 3.8) is 0 Å². The standard InChI is InChI=1S/C10H8ClF3INO3/c1-2-18-9(17)6-4-16-8(19-10(12,13)14)5(3-11)7(6)15/h4H,2-3H2,1H3. The Balaban J connectivity index is 3.19. The van der Waals surface area contributed by atoms with Gasteiger partial charge in [0.15, 0.2) is 0 Å². The normalized spacial score (nSPS) is 11.3. The number of ether oxygens (including phenoxy) is 2. The summed E-state index contributed by atoms with van der Waals surface area (Å²) in [5.41, 5.74) is 0.0396. The molecule has 0 amide bonds. The second kappa shape index (κ2) is 6.60. The molecule has 0 N–H and O–H groups in total. The van der Waals surface area contributed by atoms with Gasteiger partial charge in [-0.1, -0.05) is 0 Å². The Morgan fingerprint density at radius 3 is 2.63 bits per heavy atom. The minimum Gasteiger partial charge on any atom is -0.462 e. The van der Waals surface area contributed by atoms with Crippen molar-refractivity contribution >= 4 is 40.2 Å². The second-order valence-corrected chi connectivity index (χ2v) is 4.52. The zero-order valence-electron chi connectivity index (χ0n) is 9.55. The average Bonchev–Trinajstić information content (AvgIpc) is 2.27. The van der Waals surface area contributed by atoms with Crippen LogP contribution in [0.15, 0.2) is 6.20 Å². The molecule has 0 radical (unpaired) electrons. The molecule has 0 atom stereocenters. The highest BCUT2D eigenvalue weighted by atomic mass is 127. The summed E-state index contributed by atoms with van der Waals surface area (Å²) in [6.45, 7) is 1.76. The predicted molar refractivity (Wildman–Crippen MR) is 69.2 cm³/mol. The van der Waals surface area contributed by atoms with Crippen molar-refractivity contribution in [1.29, 1.82) is 0 Å². The highest BCUT2D eigenvalue weighted by Crippen LogP contribution is 2.30. The summed E-state index contributed by atoms with van der Waals surface area (Å²) < 4.78 is 45.2. The van der Waals surface area contributed by atoms with Crippen LogP contribution in [-0.2, 0) is 10.6 Å². The summed E-state index contributed by atoms with van der Waals surface area (Å²) in [7, 11) is 0. The molecule has 0 aliphatic carbocycles. The maximum absolute atomic E-state index is 12.2. The lowest BCUT2D eigenvalue weighted by molar-refractivity contribution is -0.276. The van der Waals surface area contributed by atoms with Crippen molar-refractivity contribution in [2.75, 3.05) is 6.61 Å². The van der Waals surface area contributed by atoms with Crippen LogP contribution < -0.4 is 4.74 Å². The lowest BCUT2D eigenvalue weighted by atomic mass is 10.2. The summed E-state index contributed by atoms with van der Waals surface area (Å²) in [6.07, 6.45) is -3.90. The molecule has 0 unspecified atom stereocenters. The van der Waals surface area contributed by atoms with Gasteiger partial charge >= 0.3 is 12.3 Å². The highest BCUT2D eigenvalue weighted by molar-refractivity contribution is 14.1. The monoisotopic (exact) mass is 409 g/mol. The van der Waals surface area contributed by atoms with Gasteiger partial charge in [-0.25, -0.2) is 9.78 Å². The molecule has 19 heavy (non-hydrogen) atoms. The van der Waals surface area contributed by atoms with E-state index < -0.39 is 18.2 Å². The van der Waals surface area contributed by atoms with Crippen LogP contribution in [0.5, 0.6) is 5.88 Å². The molecule has 0 fully saturated rings. The van der Waals surface area contributed by atoms with Crippen molar-refractivity contribution in [1.82, 2.24) is 4.98 Å². The maximum atomic E-state index is 12.2. The van der Waals surface area contributed by atoms with Crippen LogP contribution in [0.1, 0.15) is 22.8 Å². The third kappa shape index (κ3) is 4.37. The number of hydrogen-bond donors (Lipinski definition) is 0. The van der Waals surface area contributed by atoms with E-state index in [1.54, 1.807) is 29.5 Å². The first kappa shape index (κ1) is 16.3. The van der Waals surface area contributed by atoms with Gasteiger partial charge in [-0.05, 0) is 29.5 Å². The SMILES string of the molecule is CCOC(=O)c1cnc(OC(F)(F)F)c(CCl)c1I. The van der Waals surface area contributed by atoms with E-state index in [1.807, 2.05) is 0 Å². The van der Waals surface area contributed by atoms with Gasteiger partial charge in [0.2, 0.25) is 5.88 Å². The van der Waals surface area contributed by atoms with Crippen LogP contribution in [-0.4, -0.2) is 23.9 Å². The maximum Gasteiger partial charge on any atom is 0.574 e. The van der Waals surface area contributed by atoms with Gasteiger partial charge < -0.3 is 9.47 Å². The predicted octanol–water partition coefficient (Wildman–Crippen LogP) is 3.50. The van der Waals surface area contributed by atoms with E-state index in [0.717, 1.165) is 6.20 Å². The molecule has 4 nitrogen and oxygen atoms in total. The Morgan fingerprint density at radius 1 is 1.53 bits per heavy atom. The number of hydrogen-bond acceptors (Lipinski definition) is 4. The van der Waals surface area contributed by atoms with Crippen molar-refractivity contribution in [3.05, 3.63) is 20.9 Å². The van der Waals surface area contributed by atoms with Crippen LogP contribution in [0.25, 0.3) is 0 Å². The largest absolute Gasteiger partial charge is 0.574 e. The number of nitrogens with zero attached hydrogens (tertiary/aromatic N) is 1. The summed E-state index contributed by atoms with van der Waals surface area (Å²) >= 11 is 7.28. The van der Waals surface area contributed by atoms with Crippen LogP contribution >= 0.6 is 34.2 Å². The van der Waals surface area contributed by atoms with E-state index in [2.05, 4.69) is 9.72 Å². The Kier molecular flexibility index (Phi) is 5.65. The third-order valence-corrected chi connectivity index (χ3v) is 3.41. The molecule has 0 saturated heterocycles. The average molecular weight is 410 g/mol. The molecule has 1 aromatic rings. The van der Waals surface area contributed by atoms with E-state index in [4.69, 9.17) is 16.3 Å². The van der Waals surface area contributed by atoms with Gasteiger partial charge in [0.05, 0.1) is 18.1 Å². The van der Waals surface area contributed by atoms with Crippen molar-refractivity contribution in [2.45, 2.75) is 19.2 Å². The number of alkyl halides is 4. The first-order chi connectivity index (χ1) is 8.80. The second-order valence-electron chi connectivity index (χ2n) is 3.17. The number of esters is 1. The molecule has 0 aliphatic heterocycles. The van der Waals surface area contributed by atoms with Crippen LogP contribution in [0.3, 0.4) is 0 Å². The smallest absolute Gasteiger partial charge is 0.462 e. The van der Waals surface area contributed by atoms with Crippen molar-refractivity contribution in [3.8, 4) is 5.88 Å². The van der Waals surface area contributed by atoms with E-state index in [1.165, 1.54) is 0 Å². The number of aromatic nitrogens is 1. The quantitative estimate of drug-likeness (QED) is 0.434. The van der Waals surface area contributed by atoms with Crippen molar-refractivity contribution in [2.24, 2.45) is 0 Å². The number of rotatable bonds is 4. The molecule has 1 heterocycles. The highest BCUT2D eigenvalue weighted by Gasteiger charge is 2.34. The zero-order valence-corrected chi connectivity index (χ0v) is 12.5. The molecule has 0 bridgehead atoms. The minimum atomic E-state index is -4.87. The molecule has 1 rings (SSSR count). The fraction of sp³-hybridized carbons (Fsp3) is 0.400. The molecule has 0 aromatic carbocycles. The minimum absolute atomic E-state index is 0.00913. The fourth-order valence-corrected chi connectivity index (χ4v) is 2.43. The number of pyridine rings is 1.